The van der Waals surface area contributed by atoms with Crippen molar-refractivity contribution < 1.29 is 73.7 Å². The van der Waals surface area contributed by atoms with Gasteiger partial charge in [-0.05, 0) is 31.2 Å². The van der Waals surface area contributed by atoms with Crippen molar-refractivity contribution in [3.05, 3.63) is 46.6 Å². The van der Waals surface area contributed by atoms with Crippen LogP contribution in [0.4, 0.5) is 0 Å². The molecular weight excluding hydrogens is 604 g/mol. The topological polar surface area (TPSA) is 255 Å². The highest BCUT2D eigenvalue weighted by Crippen LogP contribution is 2.38. The lowest BCUT2D eigenvalue weighted by Gasteiger charge is -2.45. The van der Waals surface area contributed by atoms with E-state index in [2.05, 4.69) is 0 Å². The van der Waals surface area contributed by atoms with Crippen molar-refractivity contribution in [3.63, 3.8) is 0 Å². The van der Waals surface area contributed by atoms with Gasteiger partial charge in [-0.3, -0.25) is 9.59 Å². The van der Waals surface area contributed by atoms with Crippen LogP contribution in [-0.2, 0) is 23.7 Å². The van der Waals surface area contributed by atoms with Crippen molar-refractivity contribution >= 4 is 16.9 Å². The van der Waals surface area contributed by atoms with Gasteiger partial charge >= 0.3 is 5.97 Å². The number of hydrogen-bond donors (Lipinski definition) is 8. The van der Waals surface area contributed by atoms with Gasteiger partial charge in [-0.2, -0.15) is 0 Å². The summed E-state index contributed by atoms with van der Waals surface area (Å²) in [6.45, 7) is 2.05. The van der Waals surface area contributed by atoms with E-state index in [4.69, 9.17) is 28.1 Å². The molecule has 16 nitrogen and oxygen atoms in total. The van der Waals surface area contributed by atoms with Gasteiger partial charge in [-0.15, -0.1) is 0 Å². The molecule has 0 spiro atoms. The molecule has 2 fully saturated rings. The summed E-state index contributed by atoms with van der Waals surface area (Å²) >= 11 is 0. The summed E-state index contributed by atoms with van der Waals surface area (Å²) in [6, 6.07) is 7.40. The molecule has 2 aliphatic rings. The number of rotatable bonds is 7. The Morgan fingerprint density at radius 2 is 1.51 bits per heavy atom. The first kappa shape index (κ1) is 32.4. The van der Waals surface area contributed by atoms with Crippen LogP contribution >= 0.6 is 0 Å². The van der Waals surface area contributed by atoms with Crippen LogP contribution in [0.3, 0.4) is 0 Å². The Balaban J connectivity index is 1.41. The minimum absolute atomic E-state index is 0.0968. The second kappa shape index (κ2) is 12.8. The molecule has 3 aromatic rings. The van der Waals surface area contributed by atoms with Crippen LogP contribution < -0.4 is 10.2 Å². The van der Waals surface area contributed by atoms with E-state index in [9.17, 15) is 50.4 Å². The number of hydrogen-bond acceptors (Lipinski definition) is 16. The number of aliphatic hydroxyl groups is 5. The maximum Gasteiger partial charge on any atom is 0.302 e. The van der Waals surface area contributed by atoms with Crippen molar-refractivity contribution in [3.8, 4) is 34.3 Å². The fourth-order valence-corrected chi connectivity index (χ4v) is 5.11. The van der Waals surface area contributed by atoms with Crippen molar-refractivity contribution in [2.75, 3.05) is 6.61 Å². The Kier molecular flexibility index (Phi) is 9.20. The van der Waals surface area contributed by atoms with Crippen molar-refractivity contribution in [1.82, 2.24) is 0 Å². The lowest BCUT2D eigenvalue weighted by molar-refractivity contribution is -0.349. The van der Waals surface area contributed by atoms with Crippen molar-refractivity contribution in [2.45, 2.75) is 75.3 Å². The molecule has 0 saturated carbocycles. The Bertz CT molecular complexity index is 1590. The maximum atomic E-state index is 13.6. The number of esters is 1. The number of aromatic hydroxyl groups is 3. The van der Waals surface area contributed by atoms with E-state index in [1.807, 2.05) is 0 Å². The predicted molar refractivity (Wildman–Crippen MR) is 148 cm³/mol. The number of phenolic OH excluding ortho intramolecular Hbond substituents is 3. The lowest BCUT2D eigenvalue weighted by atomic mass is 9.97. The molecule has 45 heavy (non-hydrogen) atoms. The van der Waals surface area contributed by atoms with E-state index in [-0.39, 0.29) is 28.0 Å². The summed E-state index contributed by atoms with van der Waals surface area (Å²) in [4.78, 5) is 24.8. The van der Waals surface area contributed by atoms with Crippen LogP contribution in [0.25, 0.3) is 22.3 Å². The normalized spacial score (nSPS) is 31.9. The average molecular weight is 637 g/mol. The van der Waals surface area contributed by atoms with E-state index >= 15 is 0 Å². The molecule has 2 aliphatic heterocycles. The summed E-state index contributed by atoms with van der Waals surface area (Å²) in [5, 5.41) is 82.6. The zero-order valence-electron chi connectivity index (χ0n) is 23.8. The van der Waals surface area contributed by atoms with E-state index in [1.54, 1.807) is 0 Å². The molecule has 244 valence electrons. The fraction of sp³-hybridized carbons (Fsp3) is 0.448. The first-order chi connectivity index (χ1) is 21.3. The summed E-state index contributed by atoms with van der Waals surface area (Å²) in [7, 11) is 0. The third kappa shape index (κ3) is 6.40. The maximum absolute atomic E-state index is 13.6. The number of benzene rings is 2. The number of ether oxygens (including phenoxy) is 5. The summed E-state index contributed by atoms with van der Waals surface area (Å²) in [6.07, 6.45) is -16.2. The van der Waals surface area contributed by atoms with Crippen LogP contribution in [0.5, 0.6) is 23.0 Å². The number of aliphatic hydroxyl groups excluding tert-OH is 5. The molecule has 3 heterocycles. The molecule has 0 aliphatic carbocycles. The first-order valence-electron chi connectivity index (χ1n) is 13.8. The summed E-state index contributed by atoms with van der Waals surface area (Å²) in [5.74, 6) is -2.58. The highest BCUT2D eigenvalue weighted by molar-refractivity contribution is 5.88. The molecule has 1 aromatic heterocycles. The van der Waals surface area contributed by atoms with Gasteiger partial charge in [0.15, 0.2) is 12.1 Å². The zero-order valence-corrected chi connectivity index (χ0v) is 23.8. The highest BCUT2D eigenvalue weighted by atomic mass is 16.7. The minimum Gasteiger partial charge on any atom is -0.508 e. The van der Waals surface area contributed by atoms with Gasteiger partial charge in [0, 0.05) is 24.6 Å². The fourth-order valence-electron chi connectivity index (χ4n) is 5.11. The number of carbonyl (C=O) groups excluding carboxylic acids is 1. The van der Waals surface area contributed by atoms with Crippen LogP contribution in [0.2, 0.25) is 0 Å². The van der Waals surface area contributed by atoms with Crippen LogP contribution in [0.15, 0.2) is 45.6 Å². The second-order valence-electron chi connectivity index (χ2n) is 10.7. The Morgan fingerprint density at radius 1 is 0.844 bits per heavy atom. The molecule has 8 N–H and O–H groups in total. The third-order valence-electron chi connectivity index (χ3n) is 7.47. The lowest BCUT2D eigenvalue weighted by Crippen LogP contribution is -2.64. The Hall–Kier alpha value is -4.00. The van der Waals surface area contributed by atoms with Gasteiger partial charge in [0.25, 0.3) is 0 Å². The summed E-state index contributed by atoms with van der Waals surface area (Å²) < 4.78 is 33.3. The number of fused-ring (bicyclic) bond motifs is 1. The molecule has 0 radical (unpaired) electrons. The summed E-state index contributed by atoms with van der Waals surface area (Å²) in [5.41, 5.74) is -0.902. The Labute approximate surface area is 253 Å². The largest absolute Gasteiger partial charge is 0.508 e. The third-order valence-corrected chi connectivity index (χ3v) is 7.47. The van der Waals surface area contributed by atoms with E-state index < -0.39 is 96.7 Å². The Morgan fingerprint density at radius 3 is 2.18 bits per heavy atom. The van der Waals surface area contributed by atoms with Crippen LogP contribution in [-0.4, -0.2) is 115 Å². The van der Waals surface area contributed by atoms with Crippen molar-refractivity contribution in [1.29, 1.82) is 0 Å². The van der Waals surface area contributed by atoms with E-state index in [1.165, 1.54) is 31.2 Å². The molecule has 5 rings (SSSR count). The average Bonchev–Trinajstić information content (AvgIpc) is 2.98. The molecule has 2 saturated heterocycles. The number of phenols is 3. The SMILES string of the molecule is CC(=O)OC[C@@H]1O[C@H](O[C@H]2[C@H](O)[C@@H](O)[C@@H](Oc3c(-c4ccc(O)cc4)oc4cc(O)cc(O)c4c3=O)O[C@H]2C)[C@@H](O)[C@H](O)[C@H]1O. The second-order valence-corrected chi connectivity index (χ2v) is 10.7. The molecular formula is C29H32O16. The molecule has 0 amide bonds. The van der Waals surface area contributed by atoms with Gasteiger partial charge in [0.2, 0.25) is 17.5 Å². The highest BCUT2D eigenvalue weighted by Gasteiger charge is 2.50. The van der Waals surface area contributed by atoms with Crippen LogP contribution in [0.1, 0.15) is 13.8 Å². The molecule has 16 heteroatoms. The first-order valence-corrected chi connectivity index (χ1v) is 13.8. The van der Waals surface area contributed by atoms with Gasteiger partial charge in [-0.25, -0.2) is 0 Å². The van der Waals surface area contributed by atoms with Crippen molar-refractivity contribution in [2.24, 2.45) is 0 Å². The smallest absolute Gasteiger partial charge is 0.302 e. The monoisotopic (exact) mass is 636 g/mol. The standard InChI is InChI=1S/C29H32O16/c1-10-25(44-29-23(38)21(36)19(34)17(43-29)9-40-11(2)30)22(37)24(39)28(41-10)45-27-20(35)18-15(33)7-14(32)8-16(18)42-26(27)12-3-5-13(31)6-4-12/h3-8,10,17,19,21-25,28-29,31-34,36-39H,9H2,1-2H3/t10-,17-,19-,21+,22+,23-,24+,25+,28+,29+/m0/s1. The molecule has 0 unspecified atom stereocenters. The molecule has 0 bridgehead atoms. The van der Waals surface area contributed by atoms with E-state index in [0.29, 0.717) is 0 Å². The van der Waals surface area contributed by atoms with Gasteiger partial charge in [-0.1, -0.05) is 0 Å². The quantitative estimate of drug-likeness (QED) is 0.147. The van der Waals surface area contributed by atoms with E-state index in [0.717, 1.165) is 19.1 Å². The van der Waals surface area contributed by atoms with Gasteiger partial charge in [0.05, 0.1) is 6.10 Å². The predicted octanol–water partition coefficient (Wildman–Crippen LogP) is -0.822. The van der Waals surface area contributed by atoms with Gasteiger partial charge in [0.1, 0.15) is 77.6 Å². The molecule has 10 atom stereocenters. The zero-order chi connectivity index (χ0) is 32.7. The number of carbonyl (C=O) groups is 1. The van der Waals surface area contributed by atoms with Crippen LogP contribution in [0, 0.1) is 0 Å². The van der Waals surface area contributed by atoms with Gasteiger partial charge < -0.3 is 69.0 Å². The molecule has 2 aromatic carbocycles. The minimum atomic E-state index is -1.91.